The van der Waals surface area contributed by atoms with E-state index in [0.717, 1.165) is 0 Å². The SMILES string of the molecule is COCc1cccc(C(=O)O)n1.Cl. The standard InChI is InChI=1S/C8H9NO3.ClH/c1-12-5-6-3-2-4-7(9-6)8(10)11;/h2-4H,5H2,1H3,(H,10,11);1H. The second-order valence-corrected chi connectivity index (χ2v) is 2.25. The van der Waals surface area contributed by atoms with Gasteiger partial charge in [0.25, 0.3) is 0 Å². The predicted molar refractivity (Wildman–Crippen MR) is 49.2 cm³/mol. The molecule has 0 saturated carbocycles. The quantitative estimate of drug-likeness (QED) is 0.806. The number of aromatic nitrogens is 1. The summed E-state index contributed by atoms with van der Waals surface area (Å²) in [5.41, 5.74) is 0.668. The van der Waals surface area contributed by atoms with E-state index in [4.69, 9.17) is 9.84 Å². The molecular weight excluding hydrogens is 194 g/mol. The van der Waals surface area contributed by atoms with Crippen molar-refractivity contribution in [2.24, 2.45) is 0 Å². The van der Waals surface area contributed by atoms with Crippen LogP contribution in [0, 0.1) is 0 Å². The minimum absolute atomic E-state index is 0. The van der Waals surface area contributed by atoms with Crippen LogP contribution in [0.5, 0.6) is 0 Å². The summed E-state index contributed by atoms with van der Waals surface area (Å²) in [5.74, 6) is -1.02. The Kier molecular flexibility index (Phi) is 5.03. The lowest BCUT2D eigenvalue weighted by Crippen LogP contribution is -2.02. The molecule has 0 aliphatic rings. The maximum atomic E-state index is 10.5. The van der Waals surface area contributed by atoms with Gasteiger partial charge in [0.2, 0.25) is 0 Å². The zero-order chi connectivity index (χ0) is 8.97. The molecule has 0 aromatic carbocycles. The summed E-state index contributed by atoms with van der Waals surface area (Å²) in [5, 5.41) is 8.57. The zero-order valence-corrected chi connectivity index (χ0v) is 7.87. The number of methoxy groups -OCH3 is 1. The van der Waals surface area contributed by atoms with Gasteiger partial charge in [-0.1, -0.05) is 6.07 Å². The van der Waals surface area contributed by atoms with Crippen LogP contribution in [-0.2, 0) is 11.3 Å². The molecule has 0 spiro atoms. The van der Waals surface area contributed by atoms with Gasteiger partial charge < -0.3 is 9.84 Å². The first kappa shape index (κ1) is 11.9. The molecule has 4 nitrogen and oxygen atoms in total. The Hall–Kier alpha value is -1.13. The van der Waals surface area contributed by atoms with E-state index in [1.165, 1.54) is 13.2 Å². The van der Waals surface area contributed by atoms with E-state index in [9.17, 15) is 4.79 Å². The average molecular weight is 204 g/mol. The summed E-state index contributed by atoms with van der Waals surface area (Å²) in [7, 11) is 1.54. The van der Waals surface area contributed by atoms with Crippen LogP contribution >= 0.6 is 12.4 Å². The summed E-state index contributed by atoms with van der Waals surface area (Å²) in [6.45, 7) is 0.334. The number of carboxylic acids is 1. The van der Waals surface area contributed by atoms with Crippen LogP contribution in [0.4, 0.5) is 0 Å². The predicted octanol–water partition coefficient (Wildman–Crippen LogP) is 1.35. The van der Waals surface area contributed by atoms with Gasteiger partial charge in [0.1, 0.15) is 5.69 Å². The van der Waals surface area contributed by atoms with Crippen molar-refractivity contribution in [2.75, 3.05) is 7.11 Å². The first-order chi connectivity index (χ1) is 5.74. The summed E-state index contributed by atoms with van der Waals surface area (Å²) < 4.78 is 4.81. The number of carboxylic acid groups (broad SMARTS) is 1. The van der Waals surface area contributed by atoms with E-state index in [-0.39, 0.29) is 18.1 Å². The number of carbonyl (C=O) groups is 1. The number of ether oxygens (including phenoxy) is 1. The van der Waals surface area contributed by atoms with E-state index in [1.807, 2.05) is 0 Å². The molecule has 0 atom stereocenters. The number of nitrogens with zero attached hydrogens (tertiary/aromatic N) is 1. The Bertz CT molecular complexity index is 290. The second-order valence-electron chi connectivity index (χ2n) is 2.25. The van der Waals surface area contributed by atoms with Crippen LogP contribution in [0.25, 0.3) is 0 Å². The van der Waals surface area contributed by atoms with E-state index in [1.54, 1.807) is 12.1 Å². The van der Waals surface area contributed by atoms with Crippen molar-refractivity contribution in [2.45, 2.75) is 6.61 Å². The largest absolute Gasteiger partial charge is 0.477 e. The maximum absolute atomic E-state index is 10.5. The lowest BCUT2D eigenvalue weighted by Gasteiger charge is -1.98. The van der Waals surface area contributed by atoms with Gasteiger partial charge in [0.05, 0.1) is 12.3 Å². The number of halogens is 1. The minimum Gasteiger partial charge on any atom is -0.477 e. The van der Waals surface area contributed by atoms with Crippen molar-refractivity contribution in [1.82, 2.24) is 4.98 Å². The van der Waals surface area contributed by atoms with Crippen molar-refractivity contribution in [3.05, 3.63) is 29.6 Å². The van der Waals surface area contributed by atoms with E-state index < -0.39 is 5.97 Å². The van der Waals surface area contributed by atoms with Crippen LogP contribution in [0.15, 0.2) is 18.2 Å². The fourth-order valence-corrected chi connectivity index (χ4v) is 0.827. The van der Waals surface area contributed by atoms with E-state index in [2.05, 4.69) is 4.98 Å². The van der Waals surface area contributed by atoms with Crippen molar-refractivity contribution < 1.29 is 14.6 Å². The van der Waals surface area contributed by atoms with Crippen molar-refractivity contribution in [1.29, 1.82) is 0 Å². The van der Waals surface area contributed by atoms with Crippen LogP contribution in [-0.4, -0.2) is 23.2 Å². The number of rotatable bonds is 3. The number of hydrogen-bond acceptors (Lipinski definition) is 3. The minimum atomic E-state index is -1.02. The molecule has 1 aromatic heterocycles. The Morgan fingerprint density at radius 2 is 2.31 bits per heavy atom. The molecule has 0 aliphatic heterocycles. The van der Waals surface area contributed by atoms with Gasteiger partial charge in [-0.2, -0.15) is 0 Å². The van der Waals surface area contributed by atoms with Crippen molar-refractivity contribution in [3.63, 3.8) is 0 Å². The van der Waals surface area contributed by atoms with Gasteiger partial charge in [-0.3, -0.25) is 0 Å². The van der Waals surface area contributed by atoms with Gasteiger partial charge in [-0.15, -0.1) is 12.4 Å². The number of hydrogen-bond donors (Lipinski definition) is 1. The van der Waals surface area contributed by atoms with E-state index >= 15 is 0 Å². The normalized spacial score (nSPS) is 9.00. The van der Waals surface area contributed by atoms with Gasteiger partial charge in [0.15, 0.2) is 0 Å². The van der Waals surface area contributed by atoms with Gasteiger partial charge >= 0.3 is 5.97 Å². The third-order valence-corrected chi connectivity index (χ3v) is 1.32. The average Bonchev–Trinajstić information content (AvgIpc) is 2.05. The van der Waals surface area contributed by atoms with E-state index in [0.29, 0.717) is 12.3 Å². The molecule has 0 radical (unpaired) electrons. The molecule has 0 saturated heterocycles. The third-order valence-electron chi connectivity index (χ3n) is 1.32. The fraction of sp³-hybridized carbons (Fsp3) is 0.250. The molecule has 13 heavy (non-hydrogen) atoms. The summed E-state index contributed by atoms with van der Waals surface area (Å²) in [4.78, 5) is 14.3. The Labute approximate surface area is 82.0 Å². The molecule has 0 amide bonds. The summed E-state index contributed by atoms with van der Waals surface area (Å²) in [6.07, 6.45) is 0. The molecule has 0 aliphatic carbocycles. The Balaban J connectivity index is 0.00000144. The summed E-state index contributed by atoms with van der Waals surface area (Å²) in [6, 6.07) is 4.81. The molecule has 1 rings (SSSR count). The molecule has 1 aromatic rings. The molecule has 1 N–H and O–H groups in total. The highest BCUT2D eigenvalue weighted by Gasteiger charge is 2.03. The van der Waals surface area contributed by atoms with Crippen LogP contribution in [0.3, 0.4) is 0 Å². The summed E-state index contributed by atoms with van der Waals surface area (Å²) >= 11 is 0. The first-order valence-electron chi connectivity index (χ1n) is 3.42. The molecular formula is C8H10ClNO3. The van der Waals surface area contributed by atoms with Crippen molar-refractivity contribution >= 4 is 18.4 Å². The smallest absolute Gasteiger partial charge is 0.354 e. The Morgan fingerprint density at radius 1 is 1.62 bits per heavy atom. The lowest BCUT2D eigenvalue weighted by molar-refractivity contribution is 0.0689. The second kappa shape index (κ2) is 5.50. The molecule has 0 fully saturated rings. The molecule has 0 bridgehead atoms. The van der Waals surface area contributed by atoms with Gasteiger partial charge in [-0.25, -0.2) is 9.78 Å². The van der Waals surface area contributed by atoms with Gasteiger partial charge in [-0.05, 0) is 12.1 Å². The third kappa shape index (κ3) is 3.40. The van der Waals surface area contributed by atoms with Crippen LogP contribution in [0.1, 0.15) is 16.2 Å². The van der Waals surface area contributed by atoms with Crippen LogP contribution in [0.2, 0.25) is 0 Å². The van der Waals surface area contributed by atoms with Crippen LogP contribution < -0.4 is 0 Å². The molecule has 0 unspecified atom stereocenters. The zero-order valence-electron chi connectivity index (χ0n) is 7.06. The highest BCUT2D eigenvalue weighted by atomic mass is 35.5. The molecule has 1 heterocycles. The number of pyridine rings is 1. The highest BCUT2D eigenvalue weighted by molar-refractivity contribution is 5.85. The highest BCUT2D eigenvalue weighted by Crippen LogP contribution is 2.00. The first-order valence-corrected chi connectivity index (χ1v) is 3.42. The maximum Gasteiger partial charge on any atom is 0.354 e. The van der Waals surface area contributed by atoms with Gasteiger partial charge in [0, 0.05) is 7.11 Å². The fourth-order valence-electron chi connectivity index (χ4n) is 0.827. The number of aromatic carboxylic acids is 1. The topological polar surface area (TPSA) is 59.4 Å². The lowest BCUT2D eigenvalue weighted by atomic mass is 10.3. The Morgan fingerprint density at radius 3 is 2.85 bits per heavy atom. The van der Waals surface area contributed by atoms with Crippen molar-refractivity contribution in [3.8, 4) is 0 Å². The molecule has 72 valence electrons. The molecule has 5 heteroatoms. The monoisotopic (exact) mass is 203 g/mol.